The van der Waals surface area contributed by atoms with Crippen molar-refractivity contribution in [1.82, 2.24) is 0 Å². The zero-order valence-corrected chi connectivity index (χ0v) is 12.6. The SMILES string of the molecule is NC(Cc1cccc(Cl)c1F)C1(c2ccccc2)CCC1. The van der Waals surface area contributed by atoms with E-state index in [1.807, 2.05) is 18.2 Å². The van der Waals surface area contributed by atoms with Crippen LogP contribution in [0.2, 0.25) is 5.02 Å². The molecule has 0 aromatic heterocycles. The molecule has 3 rings (SSSR count). The fourth-order valence-electron chi connectivity index (χ4n) is 3.34. The van der Waals surface area contributed by atoms with E-state index >= 15 is 0 Å². The van der Waals surface area contributed by atoms with E-state index in [1.165, 1.54) is 12.0 Å². The number of nitrogens with two attached hydrogens (primary N) is 1. The van der Waals surface area contributed by atoms with Crippen LogP contribution in [0.4, 0.5) is 4.39 Å². The predicted molar refractivity (Wildman–Crippen MR) is 85.1 cm³/mol. The molecule has 0 aliphatic heterocycles. The van der Waals surface area contributed by atoms with Gasteiger partial charge in [0.05, 0.1) is 5.02 Å². The third-order valence-corrected chi connectivity index (χ3v) is 5.07. The van der Waals surface area contributed by atoms with Crippen molar-refractivity contribution in [1.29, 1.82) is 0 Å². The van der Waals surface area contributed by atoms with Gasteiger partial charge in [0.25, 0.3) is 0 Å². The highest BCUT2D eigenvalue weighted by molar-refractivity contribution is 6.30. The van der Waals surface area contributed by atoms with Crippen molar-refractivity contribution in [2.75, 3.05) is 0 Å². The van der Waals surface area contributed by atoms with E-state index in [-0.39, 0.29) is 22.3 Å². The fraction of sp³-hybridized carbons (Fsp3) is 0.333. The van der Waals surface area contributed by atoms with Crippen LogP contribution in [-0.2, 0) is 11.8 Å². The second kappa shape index (κ2) is 5.78. The lowest BCUT2D eigenvalue weighted by molar-refractivity contribution is 0.193. The van der Waals surface area contributed by atoms with Gasteiger partial charge >= 0.3 is 0 Å². The Bertz CT molecular complexity index is 622. The van der Waals surface area contributed by atoms with Crippen LogP contribution in [0.25, 0.3) is 0 Å². The van der Waals surface area contributed by atoms with Crippen LogP contribution in [0.5, 0.6) is 0 Å². The molecule has 1 atom stereocenters. The summed E-state index contributed by atoms with van der Waals surface area (Å²) in [6.45, 7) is 0. The molecule has 0 saturated heterocycles. The quantitative estimate of drug-likeness (QED) is 0.886. The predicted octanol–water partition coefficient (Wildman–Crippen LogP) is 4.47. The lowest BCUT2D eigenvalue weighted by Gasteiger charge is -2.47. The second-order valence-corrected chi connectivity index (χ2v) is 6.31. The van der Waals surface area contributed by atoms with Crippen molar-refractivity contribution in [3.63, 3.8) is 0 Å². The summed E-state index contributed by atoms with van der Waals surface area (Å²) >= 11 is 5.86. The van der Waals surface area contributed by atoms with Gasteiger partial charge in [-0.2, -0.15) is 0 Å². The maximum Gasteiger partial charge on any atom is 0.145 e. The van der Waals surface area contributed by atoms with Crippen LogP contribution in [0.15, 0.2) is 48.5 Å². The van der Waals surface area contributed by atoms with Crippen molar-refractivity contribution in [3.8, 4) is 0 Å². The van der Waals surface area contributed by atoms with E-state index in [1.54, 1.807) is 18.2 Å². The number of rotatable bonds is 4. The van der Waals surface area contributed by atoms with Crippen LogP contribution >= 0.6 is 11.6 Å². The Morgan fingerprint density at radius 1 is 1.10 bits per heavy atom. The highest BCUT2D eigenvalue weighted by atomic mass is 35.5. The molecule has 0 bridgehead atoms. The highest BCUT2D eigenvalue weighted by Gasteiger charge is 2.43. The molecule has 1 fully saturated rings. The zero-order valence-electron chi connectivity index (χ0n) is 11.9. The van der Waals surface area contributed by atoms with Gasteiger partial charge in [-0.3, -0.25) is 0 Å². The molecule has 0 heterocycles. The Balaban J connectivity index is 1.87. The summed E-state index contributed by atoms with van der Waals surface area (Å²) in [6, 6.07) is 15.4. The molecule has 1 unspecified atom stereocenters. The summed E-state index contributed by atoms with van der Waals surface area (Å²) in [7, 11) is 0. The monoisotopic (exact) mass is 303 g/mol. The molecule has 2 aromatic carbocycles. The second-order valence-electron chi connectivity index (χ2n) is 5.90. The zero-order chi connectivity index (χ0) is 14.9. The molecule has 21 heavy (non-hydrogen) atoms. The molecule has 1 aliphatic carbocycles. The lowest BCUT2D eigenvalue weighted by Crippen LogP contribution is -2.51. The minimum absolute atomic E-state index is 0.0178. The molecule has 1 saturated carbocycles. The third kappa shape index (κ3) is 2.58. The standard InChI is InChI=1S/C18H19ClFN/c19-15-9-4-6-13(17(15)20)12-16(21)18(10-5-11-18)14-7-2-1-3-8-14/h1-4,6-9,16H,5,10-12,21H2. The van der Waals surface area contributed by atoms with Crippen molar-refractivity contribution >= 4 is 11.6 Å². The smallest absolute Gasteiger partial charge is 0.145 e. The topological polar surface area (TPSA) is 26.0 Å². The molecule has 1 nitrogen and oxygen atoms in total. The molecule has 2 aromatic rings. The Morgan fingerprint density at radius 2 is 1.81 bits per heavy atom. The summed E-state index contributed by atoms with van der Waals surface area (Å²) in [5, 5.41) is 0.169. The first-order chi connectivity index (χ1) is 10.1. The molecule has 2 N–H and O–H groups in total. The van der Waals surface area contributed by atoms with Crippen molar-refractivity contribution in [2.24, 2.45) is 5.73 Å². The molecular formula is C18H19ClFN. The van der Waals surface area contributed by atoms with Gasteiger partial charge in [0.15, 0.2) is 0 Å². The molecule has 0 spiro atoms. The van der Waals surface area contributed by atoms with E-state index < -0.39 is 0 Å². The van der Waals surface area contributed by atoms with Crippen LogP contribution in [-0.4, -0.2) is 6.04 Å². The van der Waals surface area contributed by atoms with Gasteiger partial charge in [0.2, 0.25) is 0 Å². The molecule has 1 aliphatic rings. The summed E-state index contributed by atoms with van der Waals surface area (Å²) in [5.41, 5.74) is 8.35. The van der Waals surface area contributed by atoms with E-state index in [0.717, 1.165) is 12.8 Å². The van der Waals surface area contributed by atoms with Gasteiger partial charge in [0, 0.05) is 11.5 Å². The van der Waals surface area contributed by atoms with Crippen molar-refractivity contribution in [3.05, 3.63) is 70.5 Å². The van der Waals surface area contributed by atoms with Gasteiger partial charge in [0.1, 0.15) is 5.82 Å². The fourth-order valence-corrected chi connectivity index (χ4v) is 3.53. The van der Waals surface area contributed by atoms with Crippen LogP contribution < -0.4 is 5.73 Å². The van der Waals surface area contributed by atoms with Crippen LogP contribution in [0.3, 0.4) is 0 Å². The number of benzene rings is 2. The number of halogens is 2. The van der Waals surface area contributed by atoms with Crippen LogP contribution in [0, 0.1) is 5.82 Å². The van der Waals surface area contributed by atoms with E-state index in [4.69, 9.17) is 17.3 Å². The Morgan fingerprint density at radius 3 is 2.43 bits per heavy atom. The first-order valence-electron chi connectivity index (χ1n) is 7.37. The molecule has 0 radical (unpaired) electrons. The van der Waals surface area contributed by atoms with Crippen molar-refractivity contribution < 1.29 is 4.39 Å². The number of hydrogen-bond acceptors (Lipinski definition) is 1. The average Bonchev–Trinajstić information content (AvgIpc) is 2.44. The van der Waals surface area contributed by atoms with Gasteiger partial charge in [-0.1, -0.05) is 60.5 Å². The summed E-state index contributed by atoms with van der Waals surface area (Å²) in [6.07, 6.45) is 3.84. The molecule has 3 heteroatoms. The Kier molecular flexibility index (Phi) is 4.01. The Labute approximate surface area is 129 Å². The first-order valence-corrected chi connectivity index (χ1v) is 7.75. The number of hydrogen-bond donors (Lipinski definition) is 1. The van der Waals surface area contributed by atoms with E-state index in [9.17, 15) is 4.39 Å². The maximum absolute atomic E-state index is 14.1. The lowest BCUT2D eigenvalue weighted by atomic mass is 9.59. The average molecular weight is 304 g/mol. The van der Waals surface area contributed by atoms with Gasteiger partial charge in [-0.15, -0.1) is 0 Å². The van der Waals surface area contributed by atoms with E-state index in [2.05, 4.69) is 12.1 Å². The van der Waals surface area contributed by atoms with Crippen LogP contribution in [0.1, 0.15) is 30.4 Å². The van der Waals surface area contributed by atoms with Gasteiger partial charge in [-0.05, 0) is 36.5 Å². The summed E-state index contributed by atoms with van der Waals surface area (Å²) < 4.78 is 14.1. The normalized spacial score (nSPS) is 18.0. The van der Waals surface area contributed by atoms with Gasteiger partial charge in [-0.25, -0.2) is 4.39 Å². The molecule has 110 valence electrons. The third-order valence-electron chi connectivity index (χ3n) is 4.78. The highest BCUT2D eigenvalue weighted by Crippen LogP contribution is 2.46. The maximum atomic E-state index is 14.1. The largest absolute Gasteiger partial charge is 0.327 e. The first kappa shape index (κ1) is 14.6. The molecular weight excluding hydrogens is 285 g/mol. The van der Waals surface area contributed by atoms with E-state index in [0.29, 0.717) is 12.0 Å². The summed E-state index contributed by atoms with van der Waals surface area (Å²) in [4.78, 5) is 0. The summed E-state index contributed by atoms with van der Waals surface area (Å²) in [5.74, 6) is -0.336. The van der Waals surface area contributed by atoms with Gasteiger partial charge < -0.3 is 5.73 Å². The molecule has 0 amide bonds. The van der Waals surface area contributed by atoms with Crippen molar-refractivity contribution in [2.45, 2.75) is 37.1 Å². The minimum atomic E-state index is -0.336. The minimum Gasteiger partial charge on any atom is -0.327 e. The Hall–Kier alpha value is -1.38.